The highest BCUT2D eigenvalue weighted by molar-refractivity contribution is 5.45. The summed E-state index contributed by atoms with van der Waals surface area (Å²) in [6.07, 6.45) is 1.71. The Morgan fingerprint density at radius 2 is 2.25 bits per heavy atom. The van der Waals surface area contributed by atoms with Crippen molar-refractivity contribution in [1.29, 1.82) is 0 Å². The third-order valence-corrected chi connectivity index (χ3v) is 0.831. The lowest BCUT2D eigenvalue weighted by atomic mass is 10.4. The summed E-state index contributed by atoms with van der Waals surface area (Å²) < 4.78 is 0. The lowest BCUT2D eigenvalue weighted by Crippen LogP contribution is -2.17. The zero-order chi connectivity index (χ0) is 6.24. The van der Waals surface area contributed by atoms with Crippen LogP contribution in [-0.2, 0) is 4.79 Å². The first kappa shape index (κ1) is 7.43. The van der Waals surface area contributed by atoms with Crippen molar-refractivity contribution in [1.82, 2.24) is 10.6 Å². The Kier molecular flexibility index (Phi) is 5.97. The molecule has 0 saturated heterocycles. The number of hydrogen-bond acceptors (Lipinski definition) is 2. The van der Waals surface area contributed by atoms with Crippen molar-refractivity contribution in [2.75, 3.05) is 20.1 Å². The fourth-order valence-electron chi connectivity index (χ4n) is 0.426. The van der Waals surface area contributed by atoms with E-state index in [1.807, 2.05) is 7.05 Å². The Balaban J connectivity index is 2.62. The van der Waals surface area contributed by atoms with Crippen molar-refractivity contribution in [2.45, 2.75) is 6.42 Å². The molecule has 0 aliphatic carbocycles. The van der Waals surface area contributed by atoms with E-state index in [2.05, 4.69) is 10.6 Å². The first-order valence-corrected chi connectivity index (χ1v) is 2.73. The highest BCUT2D eigenvalue weighted by Crippen LogP contribution is 1.67. The van der Waals surface area contributed by atoms with Gasteiger partial charge in [0, 0.05) is 6.54 Å². The molecule has 0 atom stereocenters. The van der Waals surface area contributed by atoms with Crippen molar-refractivity contribution < 1.29 is 4.79 Å². The third kappa shape index (κ3) is 5.43. The van der Waals surface area contributed by atoms with Crippen LogP contribution in [0.4, 0.5) is 0 Å². The average molecular weight is 116 g/mol. The Labute approximate surface area is 49.5 Å². The van der Waals surface area contributed by atoms with E-state index in [0.717, 1.165) is 25.9 Å². The Bertz CT molecular complexity index is 56.4. The summed E-state index contributed by atoms with van der Waals surface area (Å²) in [5, 5.41) is 5.53. The van der Waals surface area contributed by atoms with Crippen LogP contribution in [0.3, 0.4) is 0 Å². The van der Waals surface area contributed by atoms with Crippen molar-refractivity contribution in [3.05, 3.63) is 0 Å². The van der Waals surface area contributed by atoms with Crippen LogP contribution in [-0.4, -0.2) is 26.5 Å². The molecule has 0 aromatic carbocycles. The predicted octanol–water partition coefficient (Wildman–Crippen LogP) is -0.658. The van der Waals surface area contributed by atoms with Crippen LogP contribution in [0.1, 0.15) is 6.42 Å². The molecule has 3 nitrogen and oxygen atoms in total. The molecule has 0 aliphatic heterocycles. The molecule has 0 aromatic heterocycles. The minimum atomic E-state index is 0.718. The summed E-state index contributed by atoms with van der Waals surface area (Å²) in [6, 6.07) is 0. The van der Waals surface area contributed by atoms with Gasteiger partial charge in [-0.2, -0.15) is 0 Å². The van der Waals surface area contributed by atoms with Gasteiger partial charge in [-0.1, -0.05) is 0 Å². The summed E-state index contributed by atoms with van der Waals surface area (Å²) in [5.41, 5.74) is 0. The van der Waals surface area contributed by atoms with Gasteiger partial charge >= 0.3 is 0 Å². The number of carbonyl (C=O) groups is 1. The van der Waals surface area contributed by atoms with Gasteiger partial charge in [-0.25, -0.2) is 0 Å². The van der Waals surface area contributed by atoms with Crippen molar-refractivity contribution in [3.8, 4) is 0 Å². The van der Waals surface area contributed by atoms with Gasteiger partial charge in [-0.05, 0) is 20.0 Å². The lowest BCUT2D eigenvalue weighted by Gasteiger charge is -1.95. The van der Waals surface area contributed by atoms with Gasteiger partial charge in [0.15, 0.2) is 0 Å². The van der Waals surface area contributed by atoms with Gasteiger partial charge in [0.1, 0.15) is 0 Å². The van der Waals surface area contributed by atoms with E-state index in [4.69, 9.17) is 0 Å². The van der Waals surface area contributed by atoms with Gasteiger partial charge in [0.05, 0.1) is 0 Å². The number of hydrogen-bond donors (Lipinski definition) is 2. The number of nitrogens with one attached hydrogen (secondary N) is 2. The fourth-order valence-corrected chi connectivity index (χ4v) is 0.426. The van der Waals surface area contributed by atoms with Crippen molar-refractivity contribution in [2.24, 2.45) is 0 Å². The number of rotatable bonds is 5. The van der Waals surface area contributed by atoms with E-state index in [9.17, 15) is 4.79 Å². The maximum atomic E-state index is 9.64. The van der Waals surface area contributed by atoms with Crippen LogP contribution in [0.2, 0.25) is 0 Å². The zero-order valence-corrected chi connectivity index (χ0v) is 5.11. The molecular weight excluding hydrogens is 104 g/mol. The smallest absolute Gasteiger partial charge is 0.207 e. The average Bonchev–Trinajstić information content (AvgIpc) is 1.81. The minimum absolute atomic E-state index is 0.718. The van der Waals surface area contributed by atoms with Crippen LogP contribution in [0, 0.1) is 0 Å². The molecule has 3 heteroatoms. The van der Waals surface area contributed by atoms with E-state index >= 15 is 0 Å². The predicted molar refractivity (Wildman–Crippen MR) is 32.6 cm³/mol. The largest absolute Gasteiger partial charge is 0.359 e. The highest BCUT2D eigenvalue weighted by atomic mass is 16.1. The maximum Gasteiger partial charge on any atom is 0.207 e. The number of amides is 1. The monoisotopic (exact) mass is 116 g/mol. The molecule has 0 spiro atoms. The Morgan fingerprint density at radius 3 is 2.75 bits per heavy atom. The van der Waals surface area contributed by atoms with Crippen molar-refractivity contribution >= 4 is 6.41 Å². The third-order valence-electron chi connectivity index (χ3n) is 0.831. The minimum Gasteiger partial charge on any atom is -0.359 e. The van der Waals surface area contributed by atoms with Gasteiger partial charge in [-0.3, -0.25) is 4.79 Å². The number of carbonyl (C=O) groups excluding carboxylic acids is 1. The standard InChI is InChI=1S/C5H12N2O/c1-6-3-2-4-7-5-8/h5-6H,2-4H2,1H3,(H,7,8). The summed E-state index contributed by atoms with van der Waals surface area (Å²) in [7, 11) is 1.89. The maximum absolute atomic E-state index is 9.64. The normalized spacial score (nSPS) is 8.62. The van der Waals surface area contributed by atoms with Crippen LogP contribution in [0.15, 0.2) is 0 Å². The summed E-state index contributed by atoms with van der Waals surface area (Å²) in [4.78, 5) is 9.64. The van der Waals surface area contributed by atoms with E-state index < -0.39 is 0 Å². The van der Waals surface area contributed by atoms with E-state index in [1.54, 1.807) is 0 Å². The zero-order valence-electron chi connectivity index (χ0n) is 5.11. The molecule has 0 bridgehead atoms. The molecule has 0 heterocycles. The lowest BCUT2D eigenvalue weighted by molar-refractivity contribution is -0.109. The summed E-state index contributed by atoms with van der Waals surface area (Å²) >= 11 is 0. The summed E-state index contributed by atoms with van der Waals surface area (Å²) in [6.45, 7) is 1.73. The first-order valence-electron chi connectivity index (χ1n) is 2.73. The molecule has 48 valence electrons. The van der Waals surface area contributed by atoms with Gasteiger partial charge in [0.25, 0.3) is 0 Å². The molecule has 1 amide bonds. The van der Waals surface area contributed by atoms with E-state index in [1.165, 1.54) is 0 Å². The molecule has 0 fully saturated rings. The molecule has 0 aliphatic rings. The van der Waals surface area contributed by atoms with Crippen molar-refractivity contribution in [3.63, 3.8) is 0 Å². The van der Waals surface area contributed by atoms with Crippen LogP contribution < -0.4 is 10.6 Å². The second kappa shape index (κ2) is 6.43. The molecule has 8 heavy (non-hydrogen) atoms. The molecule has 2 N–H and O–H groups in total. The Morgan fingerprint density at radius 1 is 1.50 bits per heavy atom. The quantitative estimate of drug-likeness (QED) is 0.370. The van der Waals surface area contributed by atoms with Crippen LogP contribution in [0.5, 0.6) is 0 Å². The topological polar surface area (TPSA) is 41.1 Å². The van der Waals surface area contributed by atoms with Gasteiger partial charge in [0.2, 0.25) is 6.41 Å². The van der Waals surface area contributed by atoms with Crippen LogP contribution in [0.25, 0.3) is 0 Å². The summed E-state index contributed by atoms with van der Waals surface area (Å²) in [5.74, 6) is 0. The van der Waals surface area contributed by atoms with E-state index in [-0.39, 0.29) is 0 Å². The van der Waals surface area contributed by atoms with Gasteiger partial charge < -0.3 is 10.6 Å². The molecule has 0 aromatic rings. The first-order chi connectivity index (χ1) is 3.91. The Hall–Kier alpha value is -0.570. The highest BCUT2D eigenvalue weighted by Gasteiger charge is 1.79. The molecule has 0 saturated carbocycles. The second-order valence-electron chi connectivity index (χ2n) is 1.53. The van der Waals surface area contributed by atoms with Gasteiger partial charge in [-0.15, -0.1) is 0 Å². The second-order valence-corrected chi connectivity index (χ2v) is 1.53. The molecule has 0 rings (SSSR count). The SMILES string of the molecule is CNCCCNC=O. The fraction of sp³-hybridized carbons (Fsp3) is 0.800. The van der Waals surface area contributed by atoms with E-state index in [0.29, 0.717) is 0 Å². The molecule has 0 unspecified atom stereocenters. The van der Waals surface area contributed by atoms with Crippen LogP contribution >= 0.6 is 0 Å². The molecule has 0 radical (unpaired) electrons. The molecular formula is C5H12N2O.